The van der Waals surface area contributed by atoms with Crippen molar-refractivity contribution in [3.63, 3.8) is 0 Å². The molecule has 1 aliphatic rings. The molecule has 0 aliphatic carbocycles. The standard InChI is InChI=1S/C19H23N2O2S.3C4H9.Sn/c1-15-7-9-18(10-8-15)24(22,23)21-11-5-6-17(14-21)19(3,4)12-16(2)13-20;3*1-3-4-2;/h6-10,17H,2,11-12,14H2,1,3-4H3;3*1,3-4H2,2H3;. The monoisotopic (exact) mass is 634 g/mol. The Kier molecular flexibility index (Phi) is 12.4. The summed E-state index contributed by atoms with van der Waals surface area (Å²) in [6, 6.07) is 9.50. The van der Waals surface area contributed by atoms with Crippen molar-refractivity contribution in [3.8, 4) is 6.07 Å². The van der Waals surface area contributed by atoms with Crippen molar-refractivity contribution in [2.45, 2.75) is 105 Å². The molecular weight excluding hydrogens is 583 g/mol. The van der Waals surface area contributed by atoms with Crippen LogP contribution in [0.2, 0.25) is 13.3 Å². The van der Waals surface area contributed by atoms with Gasteiger partial charge in [-0.05, 0) is 0 Å². The Morgan fingerprint density at radius 3 is 2.03 bits per heavy atom. The maximum absolute atomic E-state index is 14.0. The van der Waals surface area contributed by atoms with E-state index in [0.717, 1.165) is 5.56 Å². The van der Waals surface area contributed by atoms with Gasteiger partial charge in [-0.1, -0.05) is 0 Å². The molecule has 0 N–H and O–H groups in total. The van der Waals surface area contributed by atoms with E-state index in [9.17, 15) is 13.7 Å². The Morgan fingerprint density at radius 1 is 1.05 bits per heavy atom. The Labute approximate surface area is 232 Å². The normalized spacial score (nSPS) is 17.3. The van der Waals surface area contributed by atoms with Gasteiger partial charge in [-0.3, -0.25) is 0 Å². The van der Waals surface area contributed by atoms with Crippen LogP contribution in [0.1, 0.15) is 85.1 Å². The fourth-order valence-electron chi connectivity index (χ4n) is 5.80. The minimum atomic E-state index is -3.62. The van der Waals surface area contributed by atoms with Crippen molar-refractivity contribution in [1.29, 1.82) is 5.26 Å². The van der Waals surface area contributed by atoms with Gasteiger partial charge in [-0.25, -0.2) is 0 Å². The molecule has 6 heteroatoms. The zero-order valence-corrected chi connectivity index (χ0v) is 27.9. The summed E-state index contributed by atoms with van der Waals surface area (Å²) < 4.78 is 35.3. The van der Waals surface area contributed by atoms with Crippen LogP contribution in [0.15, 0.2) is 51.0 Å². The summed E-state index contributed by atoms with van der Waals surface area (Å²) >= 11 is -2.87. The van der Waals surface area contributed by atoms with Crippen LogP contribution in [-0.2, 0) is 10.0 Å². The van der Waals surface area contributed by atoms with E-state index in [1.807, 2.05) is 19.1 Å². The molecule has 206 valence electrons. The molecule has 1 heterocycles. The van der Waals surface area contributed by atoms with Crippen molar-refractivity contribution in [2.24, 2.45) is 11.3 Å². The number of sulfonamides is 1. The van der Waals surface area contributed by atoms with Crippen molar-refractivity contribution in [2.75, 3.05) is 13.1 Å². The summed E-state index contributed by atoms with van der Waals surface area (Å²) in [6.45, 7) is 18.1. The number of unbranched alkanes of at least 4 members (excludes halogenated alkanes) is 3. The molecular formula is C31H50N2O2SSn. The molecule has 0 bridgehead atoms. The van der Waals surface area contributed by atoms with Crippen LogP contribution in [0.5, 0.6) is 0 Å². The molecule has 0 spiro atoms. The molecule has 0 fully saturated rings. The van der Waals surface area contributed by atoms with E-state index in [-0.39, 0.29) is 11.3 Å². The third-order valence-electron chi connectivity index (χ3n) is 8.35. The molecule has 4 nitrogen and oxygen atoms in total. The van der Waals surface area contributed by atoms with Crippen LogP contribution in [0, 0.1) is 29.6 Å². The zero-order chi connectivity index (χ0) is 27.7. The zero-order valence-electron chi connectivity index (χ0n) is 24.3. The average molecular weight is 634 g/mol. The quantitative estimate of drug-likeness (QED) is 0.144. The number of hydrogen-bond donors (Lipinski definition) is 0. The van der Waals surface area contributed by atoms with Gasteiger partial charge in [0.1, 0.15) is 0 Å². The Morgan fingerprint density at radius 2 is 1.57 bits per heavy atom. The van der Waals surface area contributed by atoms with E-state index >= 15 is 0 Å². The van der Waals surface area contributed by atoms with Crippen LogP contribution >= 0.6 is 0 Å². The van der Waals surface area contributed by atoms with Gasteiger partial charge in [-0.15, -0.1) is 0 Å². The van der Waals surface area contributed by atoms with Crippen LogP contribution in [-0.4, -0.2) is 44.2 Å². The first kappa shape index (κ1) is 32.1. The summed E-state index contributed by atoms with van der Waals surface area (Å²) in [4.78, 5) is 0.383. The summed E-state index contributed by atoms with van der Waals surface area (Å²) in [5.41, 5.74) is 1.37. The van der Waals surface area contributed by atoms with Crippen LogP contribution in [0.3, 0.4) is 0 Å². The third-order valence-corrected chi connectivity index (χ3v) is 26.2. The van der Waals surface area contributed by atoms with E-state index < -0.39 is 28.4 Å². The second kappa shape index (κ2) is 14.3. The Balaban J connectivity index is 2.65. The molecule has 1 aliphatic heterocycles. The number of hydrogen-bond acceptors (Lipinski definition) is 3. The number of nitriles is 1. The van der Waals surface area contributed by atoms with Crippen LogP contribution < -0.4 is 0 Å². The van der Waals surface area contributed by atoms with E-state index in [1.165, 1.54) is 55.4 Å². The summed E-state index contributed by atoms with van der Waals surface area (Å²) in [5, 5.41) is 9.46. The Bertz CT molecular complexity index is 1050. The van der Waals surface area contributed by atoms with Gasteiger partial charge in [0.05, 0.1) is 0 Å². The molecule has 0 aromatic heterocycles. The van der Waals surface area contributed by atoms with Crippen molar-refractivity contribution in [1.82, 2.24) is 4.31 Å². The number of rotatable bonds is 15. The first-order chi connectivity index (χ1) is 17.5. The molecule has 1 unspecified atom stereocenters. The van der Waals surface area contributed by atoms with Gasteiger partial charge in [0, 0.05) is 0 Å². The molecule has 0 amide bonds. The van der Waals surface area contributed by atoms with Crippen molar-refractivity contribution in [3.05, 3.63) is 51.6 Å². The molecule has 0 saturated heterocycles. The first-order valence-electron chi connectivity index (χ1n) is 14.3. The molecule has 37 heavy (non-hydrogen) atoms. The molecule has 2 rings (SSSR count). The molecule has 1 atom stereocenters. The van der Waals surface area contributed by atoms with Crippen molar-refractivity contribution >= 4 is 28.4 Å². The van der Waals surface area contributed by atoms with E-state index in [2.05, 4.69) is 53.3 Å². The second-order valence-corrected chi connectivity index (χ2v) is 27.2. The van der Waals surface area contributed by atoms with Gasteiger partial charge >= 0.3 is 233 Å². The van der Waals surface area contributed by atoms with E-state index in [0.29, 0.717) is 30.0 Å². The minimum absolute atomic E-state index is 0.0579. The van der Waals surface area contributed by atoms with E-state index in [4.69, 9.17) is 0 Å². The van der Waals surface area contributed by atoms with Gasteiger partial charge in [0.2, 0.25) is 0 Å². The van der Waals surface area contributed by atoms with Gasteiger partial charge in [0.25, 0.3) is 0 Å². The van der Waals surface area contributed by atoms with E-state index in [1.54, 1.807) is 16.4 Å². The Hall–Kier alpha value is -1.10. The SMILES string of the molecule is C=C(C#N)CC(C)(C)C1C=[C]([Sn]([CH2]CCC)([CH2]CCC)[CH2]CCC)CN(S(=O)(=O)c2ccc(C)cc2)C1. The first-order valence-corrected chi connectivity index (χ1v) is 23.2. The average Bonchev–Trinajstić information content (AvgIpc) is 2.88. The third kappa shape index (κ3) is 8.44. The number of nitrogens with zero attached hydrogens (tertiary/aromatic N) is 2. The number of aryl methyl sites for hydroxylation is 1. The molecule has 0 radical (unpaired) electrons. The molecule has 0 saturated carbocycles. The molecule has 1 aromatic carbocycles. The number of allylic oxidation sites excluding steroid dienone is 1. The van der Waals surface area contributed by atoms with Crippen molar-refractivity contribution < 1.29 is 8.42 Å². The summed E-state index contributed by atoms with van der Waals surface area (Å²) in [7, 11) is -3.62. The predicted octanol–water partition coefficient (Wildman–Crippen LogP) is 8.43. The number of benzene rings is 1. The molecule has 1 aromatic rings. The van der Waals surface area contributed by atoms with Crippen LogP contribution in [0.25, 0.3) is 0 Å². The predicted molar refractivity (Wildman–Crippen MR) is 160 cm³/mol. The topological polar surface area (TPSA) is 61.2 Å². The van der Waals surface area contributed by atoms with Crippen LogP contribution in [0.4, 0.5) is 0 Å². The summed E-state index contributed by atoms with van der Waals surface area (Å²) in [6.07, 6.45) is 10.4. The second-order valence-electron chi connectivity index (χ2n) is 11.9. The maximum atomic E-state index is 14.0. The fourth-order valence-corrected chi connectivity index (χ4v) is 24.4. The fraction of sp³-hybridized carbons (Fsp3) is 0.645. The van der Waals surface area contributed by atoms with Gasteiger partial charge in [-0.2, -0.15) is 0 Å². The summed E-state index contributed by atoms with van der Waals surface area (Å²) in [5.74, 6) is 0.0579. The van der Waals surface area contributed by atoms with Gasteiger partial charge < -0.3 is 0 Å². The van der Waals surface area contributed by atoms with Gasteiger partial charge in [0.15, 0.2) is 0 Å².